The first-order valence-electron chi connectivity index (χ1n) is 5.57. The van der Waals surface area contributed by atoms with Gasteiger partial charge in [-0.05, 0) is 46.1 Å². The number of hydrogen-bond donors (Lipinski definition) is 1. The molecule has 1 nitrogen and oxygen atoms in total. The highest BCUT2D eigenvalue weighted by Crippen LogP contribution is 2.33. The van der Waals surface area contributed by atoms with Crippen molar-refractivity contribution in [1.29, 1.82) is 0 Å². The third-order valence-electron chi connectivity index (χ3n) is 2.95. The smallest absolute Gasteiger partial charge is 0.145 e. The van der Waals surface area contributed by atoms with Gasteiger partial charge in [0.1, 0.15) is 11.6 Å². The Kier molecular flexibility index (Phi) is 4.38. The summed E-state index contributed by atoms with van der Waals surface area (Å²) in [5, 5.41) is 0. The van der Waals surface area contributed by atoms with Gasteiger partial charge < -0.3 is 5.73 Å². The van der Waals surface area contributed by atoms with Gasteiger partial charge in [0, 0.05) is 10.0 Å². The van der Waals surface area contributed by atoms with Gasteiger partial charge in [-0.15, -0.1) is 0 Å². The maximum Gasteiger partial charge on any atom is 0.145 e. The van der Waals surface area contributed by atoms with E-state index < -0.39 is 17.7 Å². The lowest BCUT2D eigenvalue weighted by Crippen LogP contribution is -2.16. The largest absolute Gasteiger partial charge is 0.320 e. The lowest BCUT2D eigenvalue weighted by Gasteiger charge is -2.17. The summed E-state index contributed by atoms with van der Waals surface area (Å²) in [6.45, 7) is 1.90. The highest BCUT2D eigenvalue weighted by Gasteiger charge is 2.22. The monoisotopic (exact) mass is 389 g/mol. The van der Waals surface area contributed by atoms with Crippen LogP contribution in [0.5, 0.6) is 0 Å². The van der Waals surface area contributed by atoms with E-state index in [0.717, 1.165) is 10.0 Å². The van der Waals surface area contributed by atoms with Gasteiger partial charge in [0.05, 0.1) is 10.5 Å². The van der Waals surface area contributed by atoms with Crippen molar-refractivity contribution in [2.24, 2.45) is 5.73 Å². The van der Waals surface area contributed by atoms with Crippen molar-refractivity contribution in [3.05, 3.63) is 67.6 Å². The Morgan fingerprint density at radius 3 is 2.47 bits per heavy atom. The molecule has 2 aromatic carbocycles. The SMILES string of the molecule is Cc1cccc(C(N)c2c(F)ccc(Br)c2F)c1Br. The van der Waals surface area contributed by atoms with Crippen molar-refractivity contribution in [3.63, 3.8) is 0 Å². The molecule has 0 saturated carbocycles. The Morgan fingerprint density at radius 1 is 1.11 bits per heavy atom. The average Bonchev–Trinajstić information content (AvgIpc) is 2.37. The van der Waals surface area contributed by atoms with E-state index in [2.05, 4.69) is 31.9 Å². The van der Waals surface area contributed by atoms with Crippen molar-refractivity contribution >= 4 is 31.9 Å². The number of nitrogens with two attached hydrogens (primary N) is 1. The summed E-state index contributed by atoms with van der Waals surface area (Å²) in [6.07, 6.45) is 0. The van der Waals surface area contributed by atoms with Crippen molar-refractivity contribution in [3.8, 4) is 0 Å². The second kappa shape index (κ2) is 5.69. The van der Waals surface area contributed by atoms with Crippen LogP contribution in [0, 0.1) is 18.6 Å². The minimum atomic E-state index is -0.869. The highest BCUT2D eigenvalue weighted by atomic mass is 79.9. The highest BCUT2D eigenvalue weighted by molar-refractivity contribution is 9.10. The maximum absolute atomic E-state index is 14.0. The Morgan fingerprint density at radius 2 is 1.79 bits per heavy atom. The second-order valence-corrected chi connectivity index (χ2v) is 5.86. The third-order valence-corrected chi connectivity index (χ3v) is 4.64. The van der Waals surface area contributed by atoms with Crippen molar-refractivity contribution < 1.29 is 8.78 Å². The standard InChI is InChI=1S/C14H11Br2F2N/c1-7-3-2-4-8(12(7)16)14(19)11-10(17)6-5-9(15)13(11)18/h2-6,14H,19H2,1H3. The zero-order valence-electron chi connectivity index (χ0n) is 10.1. The molecule has 2 N–H and O–H groups in total. The molecule has 0 aliphatic heterocycles. The quantitative estimate of drug-likeness (QED) is 0.729. The number of halogens is 4. The van der Waals surface area contributed by atoms with E-state index in [1.807, 2.05) is 19.1 Å². The van der Waals surface area contributed by atoms with Crippen LogP contribution in [-0.2, 0) is 0 Å². The number of benzene rings is 2. The van der Waals surface area contributed by atoms with Crippen LogP contribution in [0.2, 0.25) is 0 Å². The number of rotatable bonds is 2. The first-order valence-corrected chi connectivity index (χ1v) is 7.16. The van der Waals surface area contributed by atoms with Crippen LogP contribution in [-0.4, -0.2) is 0 Å². The molecule has 19 heavy (non-hydrogen) atoms. The third kappa shape index (κ3) is 2.73. The summed E-state index contributed by atoms with van der Waals surface area (Å²) in [5.74, 6) is -1.32. The fourth-order valence-electron chi connectivity index (χ4n) is 1.89. The number of aryl methyl sites for hydroxylation is 1. The molecular formula is C14H11Br2F2N. The molecule has 0 aromatic heterocycles. The summed E-state index contributed by atoms with van der Waals surface area (Å²) in [4.78, 5) is 0. The zero-order chi connectivity index (χ0) is 14.2. The molecule has 0 spiro atoms. The van der Waals surface area contributed by atoms with Crippen LogP contribution in [0.15, 0.2) is 39.3 Å². The second-order valence-electron chi connectivity index (χ2n) is 4.21. The van der Waals surface area contributed by atoms with E-state index in [4.69, 9.17) is 5.73 Å². The fourth-order valence-corrected chi connectivity index (χ4v) is 2.75. The van der Waals surface area contributed by atoms with Crippen LogP contribution in [0.1, 0.15) is 22.7 Å². The molecule has 0 saturated heterocycles. The molecule has 1 atom stereocenters. The van der Waals surface area contributed by atoms with Gasteiger partial charge in [-0.1, -0.05) is 34.1 Å². The molecule has 2 aromatic rings. The van der Waals surface area contributed by atoms with Crippen LogP contribution in [0.3, 0.4) is 0 Å². The molecule has 0 heterocycles. The lowest BCUT2D eigenvalue weighted by molar-refractivity contribution is 0.539. The van der Waals surface area contributed by atoms with Crippen molar-refractivity contribution in [2.45, 2.75) is 13.0 Å². The maximum atomic E-state index is 14.0. The Hall–Kier alpha value is -0.780. The molecule has 1 unspecified atom stereocenters. The fraction of sp³-hybridized carbons (Fsp3) is 0.143. The normalized spacial score (nSPS) is 12.5. The molecule has 0 bridgehead atoms. The average molecular weight is 391 g/mol. The van der Waals surface area contributed by atoms with E-state index in [0.29, 0.717) is 5.56 Å². The summed E-state index contributed by atoms with van der Waals surface area (Å²) in [5.41, 5.74) is 7.50. The van der Waals surface area contributed by atoms with E-state index in [1.54, 1.807) is 6.07 Å². The molecule has 2 rings (SSSR count). The Bertz CT molecular complexity index is 629. The summed E-state index contributed by atoms with van der Waals surface area (Å²) < 4.78 is 28.9. The molecule has 0 aliphatic rings. The Labute approximate surface area is 127 Å². The molecule has 0 radical (unpaired) electrons. The first kappa shape index (κ1) is 14.6. The van der Waals surface area contributed by atoms with Gasteiger partial charge in [0.2, 0.25) is 0 Å². The zero-order valence-corrected chi connectivity index (χ0v) is 13.2. The molecule has 0 fully saturated rings. The van der Waals surface area contributed by atoms with Gasteiger partial charge in [-0.25, -0.2) is 8.78 Å². The predicted molar refractivity (Wildman–Crippen MR) is 79.0 cm³/mol. The molecule has 0 aliphatic carbocycles. The minimum absolute atomic E-state index is 0.138. The van der Waals surface area contributed by atoms with E-state index >= 15 is 0 Å². The van der Waals surface area contributed by atoms with Gasteiger partial charge in [0.15, 0.2) is 0 Å². The molecule has 5 heteroatoms. The van der Waals surface area contributed by atoms with Crippen LogP contribution < -0.4 is 5.73 Å². The summed E-state index contributed by atoms with van der Waals surface area (Å²) in [6, 6.07) is 7.11. The number of hydrogen-bond acceptors (Lipinski definition) is 1. The minimum Gasteiger partial charge on any atom is -0.320 e. The Balaban J connectivity index is 2.59. The van der Waals surface area contributed by atoms with Crippen molar-refractivity contribution in [1.82, 2.24) is 0 Å². The van der Waals surface area contributed by atoms with Crippen LogP contribution >= 0.6 is 31.9 Å². The molecular weight excluding hydrogens is 380 g/mol. The first-order chi connectivity index (χ1) is 8.93. The predicted octanol–water partition coefficient (Wildman–Crippen LogP) is 4.85. The summed E-state index contributed by atoms with van der Waals surface area (Å²) in [7, 11) is 0. The summed E-state index contributed by atoms with van der Waals surface area (Å²) >= 11 is 6.45. The van der Waals surface area contributed by atoms with Crippen LogP contribution in [0.25, 0.3) is 0 Å². The van der Waals surface area contributed by atoms with Gasteiger partial charge in [-0.2, -0.15) is 0 Å². The molecule has 100 valence electrons. The van der Waals surface area contributed by atoms with E-state index in [-0.39, 0.29) is 10.0 Å². The molecule has 0 amide bonds. The lowest BCUT2D eigenvalue weighted by atomic mass is 9.97. The van der Waals surface area contributed by atoms with Gasteiger partial charge >= 0.3 is 0 Å². The van der Waals surface area contributed by atoms with Crippen LogP contribution in [0.4, 0.5) is 8.78 Å². The van der Waals surface area contributed by atoms with Gasteiger partial charge in [-0.3, -0.25) is 0 Å². The van der Waals surface area contributed by atoms with E-state index in [1.165, 1.54) is 12.1 Å². The van der Waals surface area contributed by atoms with Crippen molar-refractivity contribution in [2.75, 3.05) is 0 Å². The van der Waals surface area contributed by atoms with E-state index in [9.17, 15) is 8.78 Å². The topological polar surface area (TPSA) is 26.0 Å². The van der Waals surface area contributed by atoms with Gasteiger partial charge in [0.25, 0.3) is 0 Å².